The number of aromatic nitrogens is 1. The second-order valence-electron chi connectivity index (χ2n) is 6.63. The molecule has 6 nitrogen and oxygen atoms in total. The van der Waals surface area contributed by atoms with Gasteiger partial charge >= 0.3 is 6.09 Å². The lowest BCUT2D eigenvalue weighted by atomic mass is 10.1. The van der Waals surface area contributed by atoms with Crippen LogP contribution in [0.25, 0.3) is 0 Å². The third-order valence-corrected chi connectivity index (χ3v) is 4.55. The fourth-order valence-electron chi connectivity index (χ4n) is 3.13. The Morgan fingerprint density at radius 1 is 1.12 bits per heavy atom. The highest BCUT2D eigenvalue weighted by molar-refractivity contribution is 5.70. The maximum Gasteiger partial charge on any atom is 0.415 e. The number of piperazine rings is 1. The van der Waals surface area contributed by atoms with Gasteiger partial charge in [-0.25, -0.2) is 4.79 Å². The predicted octanol–water partition coefficient (Wildman–Crippen LogP) is 3.02. The van der Waals surface area contributed by atoms with Gasteiger partial charge in [0, 0.05) is 38.9 Å². The van der Waals surface area contributed by atoms with Crippen LogP contribution >= 0.6 is 0 Å². The number of amides is 1. The summed E-state index contributed by atoms with van der Waals surface area (Å²) in [4.78, 5) is 20.4. The predicted molar refractivity (Wildman–Crippen MR) is 99.6 cm³/mol. The summed E-state index contributed by atoms with van der Waals surface area (Å²) in [5, 5.41) is 0. The van der Waals surface area contributed by atoms with E-state index in [0.717, 1.165) is 36.5 Å². The van der Waals surface area contributed by atoms with E-state index in [-0.39, 0.29) is 6.09 Å². The van der Waals surface area contributed by atoms with E-state index in [1.807, 2.05) is 19.1 Å². The van der Waals surface area contributed by atoms with Crippen LogP contribution in [-0.4, -0.2) is 54.2 Å². The zero-order valence-electron chi connectivity index (χ0n) is 15.6. The van der Waals surface area contributed by atoms with E-state index in [1.54, 1.807) is 24.4 Å². The molecule has 1 aliphatic heterocycles. The number of methoxy groups -OCH3 is 1. The molecule has 1 amide bonds. The Morgan fingerprint density at radius 3 is 2.54 bits per heavy atom. The molecule has 1 aliphatic rings. The highest BCUT2D eigenvalue weighted by Gasteiger charge is 2.22. The monoisotopic (exact) mass is 355 g/mol. The maximum absolute atomic E-state index is 12.3. The molecule has 0 unspecified atom stereocenters. The van der Waals surface area contributed by atoms with E-state index in [9.17, 15) is 4.79 Å². The molecule has 6 heteroatoms. The summed E-state index contributed by atoms with van der Waals surface area (Å²) in [6.07, 6.45) is 2.99. The van der Waals surface area contributed by atoms with Crippen LogP contribution in [0.15, 0.2) is 36.7 Å². The average molecular weight is 355 g/mol. The molecule has 0 N–H and O–H groups in total. The van der Waals surface area contributed by atoms with E-state index in [4.69, 9.17) is 9.47 Å². The summed E-state index contributed by atoms with van der Waals surface area (Å²) in [6.45, 7) is 7.81. The fourth-order valence-corrected chi connectivity index (χ4v) is 3.13. The molecule has 0 atom stereocenters. The van der Waals surface area contributed by atoms with E-state index in [2.05, 4.69) is 28.9 Å². The van der Waals surface area contributed by atoms with Crippen molar-refractivity contribution < 1.29 is 14.3 Å². The molecule has 1 aromatic carbocycles. The third kappa shape index (κ3) is 4.52. The number of carbonyl (C=O) groups excluding carboxylic acids is 1. The van der Waals surface area contributed by atoms with Gasteiger partial charge in [0.1, 0.15) is 5.75 Å². The number of rotatable bonds is 4. The Labute approximate surface area is 154 Å². The summed E-state index contributed by atoms with van der Waals surface area (Å²) in [7, 11) is 1.69. The zero-order chi connectivity index (χ0) is 18.5. The fraction of sp³-hybridized carbons (Fsp3) is 0.400. The molecular weight excluding hydrogens is 330 g/mol. The Bertz CT molecular complexity index is 771. The topological polar surface area (TPSA) is 54.9 Å². The van der Waals surface area contributed by atoms with Gasteiger partial charge in [-0.1, -0.05) is 12.1 Å². The highest BCUT2D eigenvalue weighted by atomic mass is 16.6. The van der Waals surface area contributed by atoms with Gasteiger partial charge in [-0.05, 0) is 42.7 Å². The first-order chi connectivity index (χ1) is 12.5. The van der Waals surface area contributed by atoms with Crippen molar-refractivity contribution in [3.8, 4) is 11.5 Å². The normalized spacial score (nSPS) is 15.0. The van der Waals surface area contributed by atoms with E-state index in [1.165, 1.54) is 5.56 Å². The van der Waals surface area contributed by atoms with Crippen molar-refractivity contribution in [1.82, 2.24) is 14.8 Å². The molecule has 1 aromatic heterocycles. The first-order valence-electron chi connectivity index (χ1n) is 8.79. The molecule has 0 aliphatic carbocycles. The summed E-state index contributed by atoms with van der Waals surface area (Å²) >= 11 is 0. The van der Waals surface area contributed by atoms with Crippen LogP contribution in [0.4, 0.5) is 4.79 Å². The molecule has 2 heterocycles. The van der Waals surface area contributed by atoms with Crippen molar-refractivity contribution in [1.29, 1.82) is 0 Å². The number of hydrogen-bond donors (Lipinski definition) is 0. The number of benzene rings is 1. The average Bonchev–Trinajstić information content (AvgIpc) is 2.62. The number of ether oxygens (including phenoxy) is 2. The van der Waals surface area contributed by atoms with Crippen LogP contribution in [0.2, 0.25) is 0 Å². The molecule has 1 fully saturated rings. The van der Waals surface area contributed by atoms with Crippen LogP contribution in [0.1, 0.15) is 16.7 Å². The van der Waals surface area contributed by atoms with Crippen LogP contribution in [0, 0.1) is 13.8 Å². The molecule has 0 radical (unpaired) electrons. The van der Waals surface area contributed by atoms with Crippen LogP contribution in [0.3, 0.4) is 0 Å². The maximum atomic E-state index is 12.3. The third-order valence-electron chi connectivity index (χ3n) is 4.55. The first-order valence-corrected chi connectivity index (χ1v) is 8.79. The number of nitrogens with zero attached hydrogens (tertiary/aromatic N) is 3. The largest absolute Gasteiger partial charge is 0.496 e. The van der Waals surface area contributed by atoms with Gasteiger partial charge in [0.2, 0.25) is 0 Å². The second kappa shape index (κ2) is 8.19. The molecule has 0 spiro atoms. The summed E-state index contributed by atoms with van der Waals surface area (Å²) < 4.78 is 10.7. The summed E-state index contributed by atoms with van der Waals surface area (Å²) in [5.41, 5.74) is 3.36. The first kappa shape index (κ1) is 18.2. The van der Waals surface area contributed by atoms with Crippen LogP contribution in [-0.2, 0) is 6.54 Å². The van der Waals surface area contributed by atoms with Gasteiger partial charge in [-0.2, -0.15) is 0 Å². The molecule has 0 bridgehead atoms. The Hall–Kier alpha value is -2.60. The van der Waals surface area contributed by atoms with Crippen LogP contribution < -0.4 is 9.47 Å². The minimum Gasteiger partial charge on any atom is -0.496 e. The lowest BCUT2D eigenvalue weighted by molar-refractivity contribution is 0.108. The van der Waals surface area contributed by atoms with E-state index >= 15 is 0 Å². The van der Waals surface area contributed by atoms with Gasteiger partial charge < -0.3 is 14.4 Å². The quantitative estimate of drug-likeness (QED) is 0.844. The van der Waals surface area contributed by atoms with Crippen molar-refractivity contribution in [2.75, 3.05) is 33.3 Å². The summed E-state index contributed by atoms with van der Waals surface area (Å²) in [5.74, 6) is 1.40. The second-order valence-corrected chi connectivity index (χ2v) is 6.63. The van der Waals surface area contributed by atoms with Gasteiger partial charge in [0.05, 0.1) is 13.3 Å². The van der Waals surface area contributed by atoms with E-state index < -0.39 is 0 Å². The van der Waals surface area contributed by atoms with Crippen molar-refractivity contribution in [3.63, 3.8) is 0 Å². The molecule has 26 heavy (non-hydrogen) atoms. The van der Waals surface area contributed by atoms with Crippen molar-refractivity contribution in [2.45, 2.75) is 20.4 Å². The Morgan fingerprint density at radius 2 is 1.88 bits per heavy atom. The molecule has 2 aromatic rings. The molecule has 3 rings (SSSR count). The van der Waals surface area contributed by atoms with Crippen molar-refractivity contribution in [2.24, 2.45) is 0 Å². The smallest absolute Gasteiger partial charge is 0.415 e. The van der Waals surface area contributed by atoms with Gasteiger partial charge in [0.25, 0.3) is 0 Å². The molecular formula is C20H25N3O3. The number of carbonyl (C=O) groups is 1. The number of pyridine rings is 1. The Balaban J connectivity index is 1.50. The SMILES string of the molecule is COc1ccc(CN2CCN(C(=O)Oc3cncc(C)c3)CC2)cc1C. The van der Waals surface area contributed by atoms with Crippen molar-refractivity contribution in [3.05, 3.63) is 53.3 Å². The standard InChI is InChI=1S/C20H25N3O3/c1-15-10-18(13-21-12-15)26-20(24)23-8-6-22(7-9-23)14-17-4-5-19(25-3)16(2)11-17/h4-5,10-13H,6-9,14H2,1-3H3. The summed E-state index contributed by atoms with van der Waals surface area (Å²) in [6, 6.07) is 8.07. The number of aryl methyl sites for hydroxylation is 2. The lowest BCUT2D eigenvalue weighted by Gasteiger charge is -2.34. The van der Waals surface area contributed by atoms with Gasteiger partial charge in [-0.3, -0.25) is 9.88 Å². The van der Waals surface area contributed by atoms with Gasteiger partial charge in [-0.15, -0.1) is 0 Å². The highest BCUT2D eigenvalue weighted by Crippen LogP contribution is 2.20. The Kier molecular flexibility index (Phi) is 5.73. The van der Waals surface area contributed by atoms with Crippen LogP contribution in [0.5, 0.6) is 11.5 Å². The molecule has 138 valence electrons. The molecule has 1 saturated heterocycles. The molecule has 0 saturated carbocycles. The zero-order valence-corrected chi connectivity index (χ0v) is 15.6. The minimum atomic E-state index is -0.308. The van der Waals surface area contributed by atoms with E-state index in [0.29, 0.717) is 18.8 Å². The number of hydrogen-bond acceptors (Lipinski definition) is 5. The lowest BCUT2D eigenvalue weighted by Crippen LogP contribution is -2.49. The van der Waals surface area contributed by atoms with Gasteiger partial charge in [0.15, 0.2) is 5.75 Å². The minimum absolute atomic E-state index is 0.308. The van der Waals surface area contributed by atoms with Crippen molar-refractivity contribution >= 4 is 6.09 Å².